The van der Waals surface area contributed by atoms with Crippen molar-refractivity contribution in [3.8, 4) is 0 Å². The fourth-order valence-electron chi connectivity index (χ4n) is 5.99. The first-order valence-corrected chi connectivity index (χ1v) is 13.0. The molecule has 6 heterocycles. The van der Waals surface area contributed by atoms with E-state index in [0.29, 0.717) is 0 Å². The Morgan fingerprint density at radius 3 is 2.32 bits per heavy atom. The van der Waals surface area contributed by atoms with Crippen LogP contribution in [0, 0.1) is 0 Å². The van der Waals surface area contributed by atoms with Gasteiger partial charge in [-0.25, -0.2) is 4.79 Å². The standard InChI is InChI=1S/C26H32O12/c1-25(2)35-16-14(31-23-20(18(16)36-25)37-26(3,4)38-23)11-29-22-19-17(33-24(27)34-19)15-13(30-22)10-28-21(32-15)12-8-6-5-7-9-12/h5-9,13-23H,10-11H2,1-4H3/t13-,14-,15-,16+,17+,18+,19+,20-,21?,22+,23-/m1/s1. The third-order valence-corrected chi connectivity index (χ3v) is 7.50. The van der Waals surface area contributed by atoms with Gasteiger partial charge in [0.1, 0.15) is 36.6 Å². The number of hydrogen-bond donors (Lipinski definition) is 0. The van der Waals surface area contributed by atoms with E-state index in [1.54, 1.807) is 0 Å². The average Bonchev–Trinajstić information content (AvgIpc) is 3.53. The van der Waals surface area contributed by atoms with E-state index >= 15 is 0 Å². The van der Waals surface area contributed by atoms with Crippen LogP contribution < -0.4 is 0 Å². The predicted octanol–water partition coefficient (Wildman–Crippen LogP) is 2.14. The quantitative estimate of drug-likeness (QED) is 0.525. The average molecular weight is 537 g/mol. The van der Waals surface area contributed by atoms with Gasteiger partial charge in [-0.2, -0.15) is 0 Å². The molecule has 38 heavy (non-hydrogen) atoms. The lowest BCUT2D eigenvalue weighted by Gasteiger charge is -2.45. The van der Waals surface area contributed by atoms with E-state index in [2.05, 4.69) is 0 Å². The second-order valence-corrected chi connectivity index (χ2v) is 11.2. The summed E-state index contributed by atoms with van der Waals surface area (Å²) in [6.45, 7) is 7.63. The molecule has 0 aromatic heterocycles. The minimum absolute atomic E-state index is 0.0603. The number of hydrogen-bond acceptors (Lipinski definition) is 12. The second kappa shape index (κ2) is 9.08. The molecule has 0 saturated carbocycles. The first kappa shape index (κ1) is 25.1. The number of ether oxygens (including phenoxy) is 11. The van der Waals surface area contributed by atoms with Gasteiger partial charge in [-0.3, -0.25) is 0 Å². The number of carbonyl (C=O) groups is 1. The summed E-state index contributed by atoms with van der Waals surface area (Å²) in [6.07, 6.45) is -7.52. The minimum Gasteiger partial charge on any atom is -0.424 e. The normalized spacial score (nSPS) is 46.3. The monoisotopic (exact) mass is 536 g/mol. The van der Waals surface area contributed by atoms with E-state index in [-0.39, 0.29) is 13.2 Å². The Hall–Kier alpha value is -1.87. The Kier molecular flexibility index (Phi) is 6.00. The molecule has 0 amide bonds. The van der Waals surface area contributed by atoms with Crippen molar-refractivity contribution in [1.82, 2.24) is 0 Å². The molecule has 1 aromatic carbocycles. The summed E-state index contributed by atoms with van der Waals surface area (Å²) in [5, 5.41) is 0. The molecule has 6 aliphatic rings. The SMILES string of the molecule is CC1(C)O[C@H]2[C@@H](O1)[C@@H](CO[C@H]1O[C@@H]3COC(c4ccccc4)O[C@H]3[C@@H]3OC(=O)O[C@H]13)O[C@@H]1OC(C)(C)O[C@@H]12. The molecule has 6 fully saturated rings. The smallest absolute Gasteiger partial charge is 0.424 e. The van der Waals surface area contributed by atoms with Crippen LogP contribution in [0.25, 0.3) is 0 Å². The molecule has 1 unspecified atom stereocenters. The van der Waals surface area contributed by atoms with Crippen LogP contribution in [-0.4, -0.2) is 92.4 Å². The molecule has 6 saturated heterocycles. The molecular formula is C26H32O12. The Balaban J connectivity index is 1.06. The highest BCUT2D eigenvalue weighted by Crippen LogP contribution is 2.45. The van der Waals surface area contributed by atoms with E-state index in [9.17, 15) is 4.79 Å². The largest absolute Gasteiger partial charge is 0.509 e. The van der Waals surface area contributed by atoms with Gasteiger partial charge in [-0.15, -0.1) is 0 Å². The van der Waals surface area contributed by atoms with Crippen LogP contribution in [0.4, 0.5) is 4.79 Å². The van der Waals surface area contributed by atoms with Crippen molar-refractivity contribution < 1.29 is 56.9 Å². The molecule has 11 atom stereocenters. The van der Waals surface area contributed by atoms with Crippen molar-refractivity contribution in [3.63, 3.8) is 0 Å². The van der Waals surface area contributed by atoms with Gasteiger partial charge in [-0.1, -0.05) is 30.3 Å². The highest BCUT2D eigenvalue weighted by Gasteiger charge is 2.62. The van der Waals surface area contributed by atoms with Gasteiger partial charge < -0.3 is 52.1 Å². The highest BCUT2D eigenvalue weighted by atomic mass is 16.9. The summed E-state index contributed by atoms with van der Waals surface area (Å²) in [5.41, 5.74) is 0.858. The molecule has 0 N–H and O–H groups in total. The molecule has 12 nitrogen and oxygen atoms in total. The fourth-order valence-corrected chi connectivity index (χ4v) is 5.99. The zero-order valence-corrected chi connectivity index (χ0v) is 21.6. The van der Waals surface area contributed by atoms with E-state index in [1.807, 2.05) is 58.0 Å². The van der Waals surface area contributed by atoms with Crippen LogP contribution in [-0.2, 0) is 52.1 Å². The van der Waals surface area contributed by atoms with Crippen LogP contribution in [0.3, 0.4) is 0 Å². The van der Waals surface area contributed by atoms with Gasteiger partial charge in [0.15, 0.2) is 42.7 Å². The zero-order chi connectivity index (χ0) is 26.2. The van der Waals surface area contributed by atoms with Crippen molar-refractivity contribution in [3.05, 3.63) is 35.9 Å². The Morgan fingerprint density at radius 1 is 0.789 bits per heavy atom. The molecule has 0 spiro atoms. The maximum absolute atomic E-state index is 12.2. The lowest BCUT2D eigenvalue weighted by Crippen LogP contribution is -2.62. The van der Waals surface area contributed by atoms with Gasteiger partial charge in [0, 0.05) is 5.56 Å². The fraction of sp³-hybridized carbons (Fsp3) is 0.731. The molecule has 1 aromatic rings. The van der Waals surface area contributed by atoms with Crippen molar-refractivity contribution in [1.29, 1.82) is 0 Å². The number of rotatable bonds is 4. The summed E-state index contributed by atoms with van der Waals surface area (Å²) in [6, 6.07) is 9.54. The number of benzene rings is 1. The molecule has 6 aliphatic heterocycles. The van der Waals surface area contributed by atoms with Gasteiger partial charge in [0.2, 0.25) is 0 Å². The van der Waals surface area contributed by atoms with Gasteiger partial charge in [0.25, 0.3) is 0 Å². The molecular weight excluding hydrogens is 504 g/mol. The Labute approximate surface area is 219 Å². The summed E-state index contributed by atoms with van der Waals surface area (Å²) >= 11 is 0. The van der Waals surface area contributed by atoms with Gasteiger partial charge >= 0.3 is 6.16 Å². The molecule has 7 rings (SSSR count). The molecule has 12 heteroatoms. The topological polar surface area (TPSA) is 119 Å². The zero-order valence-electron chi connectivity index (χ0n) is 21.6. The van der Waals surface area contributed by atoms with Crippen LogP contribution in [0.1, 0.15) is 39.5 Å². The maximum atomic E-state index is 12.2. The summed E-state index contributed by atoms with van der Waals surface area (Å²) in [7, 11) is 0. The summed E-state index contributed by atoms with van der Waals surface area (Å²) in [5.74, 6) is -1.66. The van der Waals surface area contributed by atoms with E-state index < -0.39 is 85.4 Å². The van der Waals surface area contributed by atoms with E-state index in [4.69, 9.17) is 52.1 Å². The second-order valence-electron chi connectivity index (χ2n) is 11.2. The lowest BCUT2D eigenvalue weighted by molar-refractivity contribution is -0.351. The third kappa shape index (κ3) is 4.41. The predicted molar refractivity (Wildman–Crippen MR) is 122 cm³/mol. The lowest BCUT2D eigenvalue weighted by atomic mass is 9.97. The minimum atomic E-state index is -0.930. The summed E-state index contributed by atoms with van der Waals surface area (Å²) in [4.78, 5) is 12.2. The molecule has 0 radical (unpaired) electrons. The Morgan fingerprint density at radius 2 is 1.50 bits per heavy atom. The first-order chi connectivity index (χ1) is 18.2. The van der Waals surface area contributed by atoms with Crippen molar-refractivity contribution in [2.45, 2.75) is 107 Å². The van der Waals surface area contributed by atoms with E-state index in [1.165, 1.54) is 0 Å². The first-order valence-electron chi connectivity index (χ1n) is 13.0. The van der Waals surface area contributed by atoms with Crippen molar-refractivity contribution >= 4 is 6.16 Å². The molecule has 0 aliphatic carbocycles. The molecule has 0 bridgehead atoms. The van der Waals surface area contributed by atoms with Gasteiger partial charge in [-0.05, 0) is 27.7 Å². The van der Waals surface area contributed by atoms with Crippen LogP contribution in [0.2, 0.25) is 0 Å². The highest BCUT2D eigenvalue weighted by molar-refractivity contribution is 5.63. The number of carbonyl (C=O) groups excluding carboxylic acids is 1. The van der Waals surface area contributed by atoms with Crippen LogP contribution in [0.5, 0.6) is 0 Å². The molecule has 208 valence electrons. The maximum Gasteiger partial charge on any atom is 0.509 e. The number of fused-ring (bicyclic) bond motifs is 6. The van der Waals surface area contributed by atoms with Gasteiger partial charge in [0.05, 0.1) is 13.2 Å². The van der Waals surface area contributed by atoms with E-state index in [0.717, 1.165) is 5.56 Å². The third-order valence-electron chi connectivity index (χ3n) is 7.50. The summed E-state index contributed by atoms with van der Waals surface area (Å²) < 4.78 is 66.0. The van der Waals surface area contributed by atoms with Crippen LogP contribution in [0.15, 0.2) is 30.3 Å². The van der Waals surface area contributed by atoms with Crippen molar-refractivity contribution in [2.24, 2.45) is 0 Å². The Bertz CT molecular complexity index is 1050. The van der Waals surface area contributed by atoms with Crippen molar-refractivity contribution in [2.75, 3.05) is 13.2 Å². The van der Waals surface area contributed by atoms with Crippen LogP contribution >= 0.6 is 0 Å².